The largest absolute Gasteiger partial charge is 0.478 e. The number of rotatable bonds is 6. The monoisotopic (exact) mass is 262 g/mol. The van der Waals surface area contributed by atoms with E-state index >= 15 is 0 Å². The van der Waals surface area contributed by atoms with Crippen molar-refractivity contribution in [2.75, 3.05) is 11.9 Å². The standard InChI is InChI=1S/C14H18N2O3/c1-2-11(9-15)14(19)16-12-6-3-10(4-7-12)5-8-13(17)18/h3-8,11H,2,9,15H2,1H3,(H,16,19)(H,17,18)/b8-5+. The number of carboxylic acids is 1. The number of hydrogen-bond donors (Lipinski definition) is 3. The number of carbonyl (C=O) groups excluding carboxylic acids is 1. The van der Waals surface area contributed by atoms with Gasteiger partial charge in [-0.05, 0) is 30.2 Å². The second-order valence-electron chi connectivity index (χ2n) is 4.12. The first-order valence-electron chi connectivity index (χ1n) is 6.08. The third kappa shape index (κ3) is 4.93. The molecule has 0 aliphatic heterocycles. The van der Waals surface area contributed by atoms with Crippen molar-refractivity contribution in [3.63, 3.8) is 0 Å². The summed E-state index contributed by atoms with van der Waals surface area (Å²) < 4.78 is 0. The summed E-state index contributed by atoms with van der Waals surface area (Å²) in [4.78, 5) is 22.2. The Morgan fingerprint density at radius 2 is 2.00 bits per heavy atom. The van der Waals surface area contributed by atoms with Gasteiger partial charge in [-0.3, -0.25) is 4.79 Å². The van der Waals surface area contributed by atoms with Gasteiger partial charge in [-0.2, -0.15) is 0 Å². The van der Waals surface area contributed by atoms with Crippen LogP contribution in [-0.2, 0) is 9.59 Å². The minimum atomic E-state index is -0.994. The van der Waals surface area contributed by atoms with E-state index in [2.05, 4.69) is 5.32 Å². The fourth-order valence-corrected chi connectivity index (χ4v) is 1.55. The maximum atomic E-state index is 11.8. The van der Waals surface area contributed by atoms with Gasteiger partial charge in [0.15, 0.2) is 0 Å². The molecule has 19 heavy (non-hydrogen) atoms. The van der Waals surface area contributed by atoms with Crippen LogP contribution in [0.1, 0.15) is 18.9 Å². The van der Waals surface area contributed by atoms with Gasteiger partial charge < -0.3 is 16.2 Å². The molecule has 0 aliphatic carbocycles. The zero-order valence-corrected chi connectivity index (χ0v) is 10.8. The molecule has 1 rings (SSSR count). The molecule has 1 aromatic carbocycles. The molecule has 1 unspecified atom stereocenters. The Morgan fingerprint density at radius 1 is 1.37 bits per heavy atom. The lowest BCUT2D eigenvalue weighted by Gasteiger charge is -2.12. The van der Waals surface area contributed by atoms with E-state index in [0.717, 1.165) is 11.6 Å². The van der Waals surface area contributed by atoms with Gasteiger partial charge >= 0.3 is 5.97 Å². The third-order valence-corrected chi connectivity index (χ3v) is 2.74. The van der Waals surface area contributed by atoms with Crippen molar-refractivity contribution in [2.24, 2.45) is 11.7 Å². The van der Waals surface area contributed by atoms with Crippen LogP contribution in [0.4, 0.5) is 5.69 Å². The van der Waals surface area contributed by atoms with Crippen molar-refractivity contribution >= 4 is 23.6 Å². The number of anilines is 1. The molecule has 0 spiro atoms. The predicted molar refractivity (Wildman–Crippen MR) is 74.6 cm³/mol. The van der Waals surface area contributed by atoms with Crippen LogP contribution in [0.2, 0.25) is 0 Å². The summed E-state index contributed by atoms with van der Waals surface area (Å²) >= 11 is 0. The molecular formula is C14H18N2O3. The van der Waals surface area contributed by atoms with Gasteiger partial charge in [0.1, 0.15) is 0 Å². The molecule has 0 heterocycles. The number of hydrogen-bond acceptors (Lipinski definition) is 3. The first-order chi connectivity index (χ1) is 9.06. The van der Waals surface area contributed by atoms with Gasteiger partial charge in [0.05, 0.1) is 5.92 Å². The number of nitrogens with two attached hydrogens (primary N) is 1. The van der Waals surface area contributed by atoms with E-state index in [4.69, 9.17) is 10.8 Å². The highest BCUT2D eigenvalue weighted by atomic mass is 16.4. The Labute approximate surface area is 112 Å². The minimum absolute atomic E-state index is 0.0983. The molecule has 0 fully saturated rings. The molecule has 0 radical (unpaired) electrons. The molecule has 0 bridgehead atoms. The highest BCUT2D eigenvalue weighted by Gasteiger charge is 2.14. The van der Waals surface area contributed by atoms with E-state index < -0.39 is 5.97 Å². The van der Waals surface area contributed by atoms with Crippen molar-refractivity contribution in [2.45, 2.75) is 13.3 Å². The van der Waals surface area contributed by atoms with Gasteiger partial charge in [-0.25, -0.2) is 4.79 Å². The Hall–Kier alpha value is -2.14. The number of nitrogens with one attached hydrogen (secondary N) is 1. The van der Waals surface area contributed by atoms with Crippen LogP contribution >= 0.6 is 0 Å². The lowest BCUT2D eigenvalue weighted by molar-refractivity contribution is -0.131. The fraction of sp³-hybridized carbons (Fsp3) is 0.286. The quantitative estimate of drug-likeness (QED) is 0.680. The van der Waals surface area contributed by atoms with Crippen LogP contribution < -0.4 is 11.1 Å². The Kier molecular flexibility index (Phi) is 5.75. The van der Waals surface area contributed by atoms with Crippen LogP contribution in [0.3, 0.4) is 0 Å². The van der Waals surface area contributed by atoms with Crippen LogP contribution in [0.25, 0.3) is 6.08 Å². The summed E-state index contributed by atoms with van der Waals surface area (Å²) in [5.74, 6) is -1.28. The van der Waals surface area contributed by atoms with Crippen molar-refractivity contribution in [3.05, 3.63) is 35.9 Å². The van der Waals surface area contributed by atoms with Crippen molar-refractivity contribution in [1.82, 2.24) is 0 Å². The lowest BCUT2D eigenvalue weighted by Crippen LogP contribution is -2.28. The average molecular weight is 262 g/mol. The highest BCUT2D eigenvalue weighted by molar-refractivity contribution is 5.92. The second kappa shape index (κ2) is 7.33. The number of carbonyl (C=O) groups is 2. The smallest absolute Gasteiger partial charge is 0.328 e. The summed E-state index contributed by atoms with van der Waals surface area (Å²) in [7, 11) is 0. The Morgan fingerprint density at radius 3 is 2.47 bits per heavy atom. The summed E-state index contributed by atoms with van der Waals surface area (Å²) in [5.41, 5.74) is 6.93. The summed E-state index contributed by atoms with van der Waals surface area (Å²) in [6, 6.07) is 6.92. The van der Waals surface area contributed by atoms with Gasteiger partial charge in [-0.15, -0.1) is 0 Å². The molecule has 4 N–H and O–H groups in total. The third-order valence-electron chi connectivity index (χ3n) is 2.74. The maximum absolute atomic E-state index is 11.8. The molecule has 0 aromatic heterocycles. The zero-order chi connectivity index (χ0) is 14.3. The van der Waals surface area contributed by atoms with E-state index in [9.17, 15) is 9.59 Å². The molecule has 5 heteroatoms. The summed E-state index contributed by atoms with van der Waals surface area (Å²) in [6.45, 7) is 2.23. The summed E-state index contributed by atoms with van der Waals surface area (Å²) in [6.07, 6.45) is 3.25. The molecule has 0 saturated carbocycles. The predicted octanol–water partition coefficient (Wildman–Crippen LogP) is 1.71. The topological polar surface area (TPSA) is 92.4 Å². The van der Waals surface area contributed by atoms with Gasteiger partial charge in [-0.1, -0.05) is 19.1 Å². The number of amides is 1. The molecule has 102 valence electrons. The first kappa shape index (κ1) is 14.9. The fourth-order valence-electron chi connectivity index (χ4n) is 1.55. The Bertz CT molecular complexity index is 462. The van der Waals surface area contributed by atoms with Crippen LogP contribution in [0, 0.1) is 5.92 Å². The van der Waals surface area contributed by atoms with E-state index in [1.165, 1.54) is 6.08 Å². The molecular weight excluding hydrogens is 244 g/mol. The maximum Gasteiger partial charge on any atom is 0.328 e. The van der Waals surface area contributed by atoms with E-state index in [-0.39, 0.29) is 11.8 Å². The normalized spacial score (nSPS) is 12.3. The van der Waals surface area contributed by atoms with Gasteiger partial charge in [0.2, 0.25) is 5.91 Å². The SMILES string of the molecule is CCC(CN)C(=O)Nc1ccc(/C=C/C(=O)O)cc1. The van der Waals surface area contributed by atoms with Crippen molar-refractivity contribution in [3.8, 4) is 0 Å². The van der Waals surface area contributed by atoms with Crippen LogP contribution in [0.5, 0.6) is 0 Å². The highest BCUT2D eigenvalue weighted by Crippen LogP contribution is 2.12. The molecule has 1 atom stereocenters. The molecule has 0 aliphatic rings. The molecule has 0 saturated heterocycles. The van der Waals surface area contributed by atoms with Crippen LogP contribution in [0.15, 0.2) is 30.3 Å². The second-order valence-corrected chi connectivity index (χ2v) is 4.12. The minimum Gasteiger partial charge on any atom is -0.478 e. The first-order valence-corrected chi connectivity index (χ1v) is 6.08. The Balaban J connectivity index is 2.66. The lowest BCUT2D eigenvalue weighted by atomic mass is 10.1. The zero-order valence-electron chi connectivity index (χ0n) is 10.8. The average Bonchev–Trinajstić information content (AvgIpc) is 2.39. The molecule has 1 aromatic rings. The van der Waals surface area contributed by atoms with Crippen molar-refractivity contribution in [1.29, 1.82) is 0 Å². The van der Waals surface area contributed by atoms with Gasteiger partial charge in [0.25, 0.3) is 0 Å². The van der Waals surface area contributed by atoms with E-state index in [0.29, 0.717) is 18.7 Å². The molecule has 1 amide bonds. The van der Waals surface area contributed by atoms with Crippen molar-refractivity contribution < 1.29 is 14.7 Å². The number of carboxylic acid groups (broad SMARTS) is 1. The van der Waals surface area contributed by atoms with Gasteiger partial charge in [0, 0.05) is 18.3 Å². The molecule has 5 nitrogen and oxygen atoms in total. The van der Waals surface area contributed by atoms with Crippen LogP contribution in [-0.4, -0.2) is 23.5 Å². The number of benzene rings is 1. The number of aliphatic carboxylic acids is 1. The van der Waals surface area contributed by atoms with E-state index in [1.807, 2.05) is 6.92 Å². The van der Waals surface area contributed by atoms with E-state index in [1.54, 1.807) is 24.3 Å². The summed E-state index contributed by atoms with van der Waals surface area (Å²) in [5, 5.41) is 11.3.